The van der Waals surface area contributed by atoms with E-state index in [2.05, 4.69) is 5.32 Å². The number of nitrogens with two attached hydrogens (primary N) is 1. The number of likely N-dealkylation sites (tertiary alicyclic amines) is 1. The minimum atomic E-state index is -0.975. The minimum Gasteiger partial charge on any atom is -0.493 e. The Kier molecular flexibility index (Phi) is 9.90. The summed E-state index contributed by atoms with van der Waals surface area (Å²) in [6.07, 6.45) is 7.25. The number of benzene rings is 2. The van der Waals surface area contributed by atoms with Gasteiger partial charge in [0.1, 0.15) is 12.1 Å². The van der Waals surface area contributed by atoms with Gasteiger partial charge in [-0.2, -0.15) is 0 Å². The smallest absolute Gasteiger partial charge is 0.244 e. The molecule has 0 spiro atoms. The van der Waals surface area contributed by atoms with Crippen molar-refractivity contribution >= 4 is 17.7 Å². The second kappa shape index (κ2) is 13.5. The number of hydrogen-bond donors (Lipinski definition) is 2. The third-order valence-electron chi connectivity index (χ3n) is 8.23. The molecule has 1 saturated carbocycles. The minimum absolute atomic E-state index is 0.0867. The molecule has 2 fully saturated rings. The van der Waals surface area contributed by atoms with Crippen LogP contribution in [0, 0.1) is 5.92 Å². The topological polar surface area (TPSA) is 120 Å². The van der Waals surface area contributed by atoms with Crippen molar-refractivity contribution < 1.29 is 28.6 Å². The van der Waals surface area contributed by atoms with Crippen molar-refractivity contribution in [2.24, 2.45) is 11.7 Å². The number of ether oxygens (including phenoxy) is 3. The van der Waals surface area contributed by atoms with Crippen LogP contribution in [-0.4, -0.2) is 56.5 Å². The molecule has 1 heterocycles. The Morgan fingerprint density at radius 3 is 2.05 bits per heavy atom. The zero-order chi connectivity index (χ0) is 28.6. The van der Waals surface area contributed by atoms with Crippen molar-refractivity contribution in [3.63, 3.8) is 0 Å². The van der Waals surface area contributed by atoms with Crippen LogP contribution in [0.25, 0.3) is 0 Å². The Morgan fingerprint density at radius 1 is 0.850 bits per heavy atom. The van der Waals surface area contributed by atoms with Crippen LogP contribution < -0.4 is 25.3 Å². The number of amides is 3. The van der Waals surface area contributed by atoms with Gasteiger partial charge < -0.3 is 30.2 Å². The summed E-state index contributed by atoms with van der Waals surface area (Å²) >= 11 is 0. The molecule has 9 heteroatoms. The maximum absolute atomic E-state index is 14.5. The molecule has 0 aromatic heterocycles. The highest BCUT2D eigenvalue weighted by molar-refractivity contribution is 5.94. The lowest BCUT2D eigenvalue weighted by molar-refractivity contribution is -0.145. The van der Waals surface area contributed by atoms with Crippen LogP contribution in [0.3, 0.4) is 0 Å². The number of methoxy groups -OCH3 is 3. The Bertz CT molecular complexity index is 1160. The van der Waals surface area contributed by atoms with E-state index in [1.807, 2.05) is 18.2 Å². The lowest BCUT2D eigenvalue weighted by Gasteiger charge is -2.40. The van der Waals surface area contributed by atoms with Crippen molar-refractivity contribution in [1.82, 2.24) is 10.2 Å². The molecule has 0 radical (unpaired) electrons. The van der Waals surface area contributed by atoms with E-state index in [0.717, 1.165) is 50.5 Å². The average Bonchev–Trinajstić information content (AvgIpc) is 3.00. The van der Waals surface area contributed by atoms with Crippen LogP contribution in [0.15, 0.2) is 42.5 Å². The van der Waals surface area contributed by atoms with E-state index in [0.29, 0.717) is 35.8 Å². The molecule has 4 rings (SSSR count). The number of carbonyl (C=O) groups excluding carboxylic acids is 3. The van der Waals surface area contributed by atoms with E-state index >= 15 is 0 Å². The van der Waals surface area contributed by atoms with Crippen LogP contribution in [0.2, 0.25) is 0 Å². The molecule has 216 valence electrons. The zero-order valence-corrected chi connectivity index (χ0v) is 23.7. The molecule has 1 saturated heterocycles. The Balaban J connectivity index is 1.67. The normalized spacial score (nSPS) is 19.3. The van der Waals surface area contributed by atoms with Gasteiger partial charge in [0.15, 0.2) is 11.5 Å². The molecule has 9 nitrogen and oxygen atoms in total. The van der Waals surface area contributed by atoms with E-state index in [4.69, 9.17) is 19.9 Å². The molecule has 0 bridgehead atoms. The van der Waals surface area contributed by atoms with Crippen molar-refractivity contribution in [3.05, 3.63) is 53.6 Å². The third-order valence-corrected chi connectivity index (χ3v) is 8.23. The summed E-state index contributed by atoms with van der Waals surface area (Å²) in [5.74, 6) is 0.00396. The molecule has 2 unspecified atom stereocenters. The van der Waals surface area contributed by atoms with Gasteiger partial charge in [0.25, 0.3) is 0 Å². The first kappa shape index (κ1) is 29.2. The van der Waals surface area contributed by atoms with Crippen molar-refractivity contribution in [3.8, 4) is 17.2 Å². The third kappa shape index (κ3) is 6.35. The van der Waals surface area contributed by atoms with Gasteiger partial charge in [-0.15, -0.1) is 0 Å². The van der Waals surface area contributed by atoms with Gasteiger partial charge in [0.2, 0.25) is 23.5 Å². The van der Waals surface area contributed by atoms with Crippen LogP contribution in [0.5, 0.6) is 17.2 Å². The summed E-state index contributed by atoms with van der Waals surface area (Å²) in [6, 6.07) is 11.0. The van der Waals surface area contributed by atoms with E-state index in [1.165, 1.54) is 0 Å². The summed E-state index contributed by atoms with van der Waals surface area (Å²) in [7, 11) is 4.67. The van der Waals surface area contributed by atoms with E-state index in [-0.39, 0.29) is 17.7 Å². The number of carbonyl (C=O) groups is 3. The van der Waals surface area contributed by atoms with Gasteiger partial charge in [0.05, 0.1) is 27.2 Å². The van der Waals surface area contributed by atoms with Gasteiger partial charge in [-0.3, -0.25) is 14.4 Å². The molecular formula is C31H41N3O6. The van der Waals surface area contributed by atoms with Gasteiger partial charge in [-0.25, -0.2) is 0 Å². The highest BCUT2D eigenvalue weighted by Crippen LogP contribution is 2.45. The summed E-state index contributed by atoms with van der Waals surface area (Å²) in [6.45, 7) is 0.469. The lowest BCUT2D eigenvalue weighted by atomic mass is 9.75. The van der Waals surface area contributed by atoms with Crippen molar-refractivity contribution in [1.29, 1.82) is 0 Å². The summed E-state index contributed by atoms with van der Waals surface area (Å²) in [4.78, 5) is 42.2. The van der Waals surface area contributed by atoms with E-state index in [1.54, 1.807) is 50.5 Å². The second-order valence-electron chi connectivity index (χ2n) is 10.6. The summed E-state index contributed by atoms with van der Waals surface area (Å²) in [5.41, 5.74) is 7.07. The molecule has 2 aromatic carbocycles. The number of hydrogen-bond acceptors (Lipinski definition) is 6. The predicted octanol–water partition coefficient (Wildman–Crippen LogP) is 4.10. The van der Waals surface area contributed by atoms with Crippen LogP contribution >= 0.6 is 0 Å². The van der Waals surface area contributed by atoms with Gasteiger partial charge in [-0.05, 0) is 61.3 Å². The number of primary amides is 1. The molecule has 3 amide bonds. The van der Waals surface area contributed by atoms with Gasteiger partial charge in [0, 0.05) is 6.54 Å². The summed E-state index contributed by atoms with van der Waals surface area (Å²) < 4.78 is 16.7. The Morgan fingerprint density at radius 2 is 1.48 bits per heavy atom. The first-order valence-corrected chi connectivity index (χ1v) is 14.1. The molecule has 3 atom stereocenters. The second-order valence-corrected chi connectivity index (χ2v) is 10.6. The van der Waals surface area contributed by atoms with Crippen LogP contribution in [0.4, 0.5) is 0 Å². The molecule has 1 aliphatic heterocycles. The highest BCUT2D eigenvalue weighted by Gasteiger charge is 2.41. The van der Waals surface area contributed by atoms with Gasteiger partial charge >= 0.3 is 0 Å². The first-order valence-electron chi connectivity index (χ1n) is 14.1. The number of nitrogens with one attached hydrogen (secondary N) is 1. The Labute approximate surface area is 236 Å². The fraction of sp³-hybridized carbons (Fsp3) is 0.516. The number of nitrogens with zero attached hydrogens (tertiary/aromatic N) is 1. The highest BCUT2D eigenvalue weighted by atomic mass is 16.5. The maximum Gasteiger partial charge on any atom is 0.244 e. The number of piperidine rings is 1. The first-order chi connectivity index (χ1) is 19.4. The standard InChI is InChI=1S/C31H41N3O6/c1-38-24-18-22(19-25(39-2)28(24)40-3)26(20-12-6-4-7-13-20)31(37)34-17-11-10-16-23(34)30(36)33-27(29(32)35)21-14-8-5-9-15-21/h5,8-9,14-15,18-20,23,26-27H,4,6-7,10-13,16-17H2,1-3H3,(H2,32,35)(H,33,36)/t23?,26?,27-/m0/s1. The number of rotatable bonds is 10. The molecule has 40 heavy (non-hydrogen) atoms. The van der Waals surface area contributed by atoms with Crippen molar-refractivity contribution in [2.45, 2.75) is 69.4 Å². The molecule has 2 aliphatic rings. The zero-order valence-electron chi connectivity index (χ0n) is 23.7. The van der Waals surface area contributed by atoms with E-state index in [9.17, 15) is 14.4 Å². The molecule has 1 aliphatic carbocycles. The molecular weight excluding hydrogens is 510 g/mol. The fourth-order valence-electron chi connectivity index (χ4n) is 6.21. The predicted molar refractivity (Wildman–Crippen MR) is 151 cm³/mol. The lowest BCUT2D eigenvalue weighted by Crippen LogP contribution is -2.55. The summed E-state index contributed by atoms with van der Waals surface area (Å²) in [5, 5.41) is 2.83. The molecule has 2 aromatic rings. The van der Waals surface area contributed by atoms with E-state index < -0.39 is 23.9 Å². The van der Waals surface area contributed by atoms with Gasteiger partial charge in [-0.1, -0.05) is 49.6 Å². The quantitative estimate of drug-likeness (QED) is 0.459. The van der Waals surface area contributed by atoms with Crippen molar-refractivity contribution in [2.75, 3.05) is 27.9 Å². The SMILES string of the molecule is COc1cc(C(C(=O)N2CCCCC2C(=O)N[C@H](C(N)=O)c2ccccc2)C2CCCCC2)cc(OC)c1OC. The Hall–Kier alpha value is -3.75. The van der Waals surface area contributed by atoms with Crippen LogP contribution in [0.1, 0.15) is 74.5 Å². The molecule has 3 N–H and O–H groups in total. The largest absolute Gasteiger partial charge is 0.493 e. The maximum atomic E-state index is 14.5. The monoisotopic (exact) mass is 551 g/mol. The average molecular weight is 552 g/mol. The van der Waals surface area contributed by atoms with Crippen LogP contribution in [-0.2, 0) is 14.4 Å². The fourth-order valence-corrected chi connectivity index (χ4v) is 6.21.